The summed E-state index contributed by atoms with van der Waals surface area (Å²) in [5, 5.41) is 7.06. The average Bonchev–Trinajstić information content (AvgIpc) is 2.55. The maximum absolute atomic E-state index is 3.58. The summed E-state index contributed by atoms with van der Waals surface area (Å²) in [5.41, 5.74) is 2.60. The van der Waals surface area contributed by atoms with Crippen molar-refractivity contribution in [3.05, 3.63) is 24.3 Å². The van der Waals surface area contributed by atoms with Crippen molar-refractivity contribution in [1.29, 1.82) is 0 Å². The van der Waals surface area contributed by atoms with Gasteiger partial charge in [0, 0.05) is 44.1 Å². The van der Waals surface area contributed by atoms with E-state index in [1.165, 1.54) is 30.8 Å². The van der Waals surface area contributed by atoms with Gasteiger partial charge >= 0.3 is 0 Å². The number of anilines is 2. The lowest BCUT2D eigenvalue weighted by atomic mass is 10.00. The molecule has 3 rings (SSSR count). The van der Waals surface area contributed by atoms with E-state index in [9.17, 15) is 0 Å². The summed E-state index contributed by atoms with van der Waals surface area (Å²) in [7, 11) is 2.20. The maximum Gasteiger partial charge on any atom is 0.0368 e. The molecule has 2 aliphatic heterocycles. The number of benzene rings is 1. The molecule has 2 N–H and O–H groups in total. The first-order valence-corrected chi connectivity index (χ1v) is 8.29. The molecule has 2 aliphatic rings. The molecule has 2 heterocycles. The molecule has 1 unspecified atom stereocenters. The fourth-order valence-electron chi connectivity index (χ4n) is 3.22. The van der Waals surface area contributed by atoms with Crippen LogP contribution in [0.15, 0.2) is 24.3 Å². The molecule has 4 heteroatoms. The van der Waals surface area contributed by atoms with Crippen LogP contribution in [0.3, 0.4) is 0 Å². The van der Waals surface area contributed by atoms with Gasteiger partial charge in [-0.2, -0.15) is 0 Å². The van der Waals surface area contributed by atoms with Crippen LogP contribution in [-0.2, 0) is 0 Å². The van der Waals surface area contributed by atoms with Crippen LogP contribution < -0.4 is 15.5 Å². The van der Waals surface area contributed by atoms with Crippen LogP contribution in [0.5, 0.6) is 0 Å². The van der Waals surface area contributed by atoms with E-state index in [4.69, 9.17) is 0 Å². The number of hydrogen-bond acceptors (Lipinski definition) is 4. The third kappa shape index (κ3) is 4.11. The Balaban J connectivity index is 1.49. The van der Waals surface area contributed by atoms with Crippen LogP contribution in [0.25, 0.3) is 0 Å². The monoisotopic (exact) mass is 288 g/mol. The van der Waals surface area contributed by atoms with Crippen LogP contribution in [0.1, 0.15) is 12.8 Å². The van der Waals surface area contributed by atoms with E-state index in [2.05, 4.69) is 51.7 Å². The Morgan fingerprint density at radius 3 is 2.57 bits per heavy atom. The Bertz CT molecular complexity index is 417. The second-order valence-electron chi connectivity index (χ2n) is 6.43. The second kappa shape index (κ2) is 7.14. The molecular formula is C17H28N4. The van der Waals surface area contributed by atoms with E-state index < -0.39 is 0 Å². The average molecular weight is 288 g/mol. The van der Waals surface area contributed by atoms with Gasteiger partial charge in [-0.25, -0.2) is 0 Å². The molecule has 0 bridgehead atoms. The molecule has 0 aromatic heterocycles. The normalized spacial score (nSPS) is 24.0. The van der Waals surface area contributed by atoms with Crippen molar-refractivity contribution in [2.75, 3.05) is 63.1 Å². The molecule has 0 saturated carbocycles. The zero-order chi connectivity index (χ0) is 14.5. The topological polar surface area (TPSA) is 30.5 Å². The number of hydrogen-bond donors (Lipinski definition) is 2. The van der Waals surface area contributed by atoms with Gasteiger partial charge in [0.15, 0.2) is 0 Å². The number of piperazine rings is 1. The first-order valence-electron chi connectivity index (χ1n) is 8.29. The summed E-state index contributed by atoms with van der Waals surface area (Å²) >= 11 is 0. The molecule has 21 heavy (non-hydrogen) atoms. The van der Waals surface area contributed by atoms with Gasteiger partial charge in [0.25, 0.3) is 0 Å². The number of likely N-dealkylation sites (N-methyl/N-ethyl adjacent to an activating group) is 1. The van der Waals surface area contributed by atoms with Crippen LogP contribution in [0, 0.1) is 5.92 Å². The molecule has 0 amide bonds. The zero-order valence-electron chi connectivity index (χ0n) is 13.1. The molecular weight excluding hydrogens is 260 g/mol. The number of nitrogens with one attached hydrogen (secondary N) is 2. The summed E-state index contributed by atoms with van der Waals surface area (Å²) in [6, 6.07) is 8.97. The molecule has 1 aromatic rings. The van der Waals surface area contributed by atoms with E-state index in [1.807, 2.05) is 0 Å². The minimum atomic E-state index is 0.774. The first-order chi connectivity index (χ1) is 10.3. The van der Waals surface area contributed by atoms with E-state index in [1.54, 1.807) is 0 Å². The minimum Gasteiger partial charge on any atom is -0.385 e. The summed E-state index contributed by atoms with van der Waals surface area (Å²) in [4.78, 5) is 4.87. The predicted octanol–water partition coefficient (Wildman–Crippen LogP) is 1.85. The maximum atomic E-state index is 3.58. The lowest BCUT2D eigenvalue weighted by Gasteiger charge is -2.34. The number of nitrogens with zero attached hydrogens (tertiary/aromatic N) is 2. The molecule has 0 spiro atoms. The van der Waals surface area contributed by atoms with Crippen molar-refractivity contribution in [3.63, 3.8) is 0 Å². The van der Waals surface area contributed by atoms with Gasteiger partial charge in [-0.05, 0) is 63.2 Å². The van der Waals surface area contributed by atoms with Gasteiger partial charge in [0.1, 0.15) is 0 Å². The molecule has 2 fully saturated rings. The van der Waals surface area contributed by atoms with Crippen LogP contribution in [-0.4, -0.2) is 57.8 Å². The van der Waals surface area contributed by atoms with Gasteiger partial charge in [0.2, 0.25) is 0 Å². The Labute approximate surface area is 128 Å². The van der Waals surface area contributed by atoms with Crippen LogP contribution >= 0.6 is 0 Å². The van der Waals surface area contributed by atoms with Crippen molar-refractivity contribution in [2.45, 2.75) is 12.8 Å². The SMILES string of the molecule is CN1CCN(c2ccc(NCC3CCCNC3)cc2)CC1. The van der Waals surface area contributed by atoms with Crippen molar-refractivity contribution in [2.24, 2.45) is 5.92 Å². The van der Waals surface area contributed by atoms with Gasteiger partial charge < -0.3 is 20.4 Å². The third-order valence-electron chi connectivity index (χ3n) is 4.73. The smallest absolute Gasteiger partial charge is 0.0368 e. The minimum absolute atomic E-state index is 0.774. The van der Waals surface area contributed by atoms with Crippen LogP contribution in [0.4, 0.5) is 11.4 Å². The Morgan fingerprint density at radius 2 is 1.90 bits per heavy atom. The van der Waals surface area contributed by atoms with Gasteiger partial charge in [-0.3, -0.25) is 0 Å². The highest BCUT2D eigenvalue weighted by molar-refractivity contribution is 5.55. The fraction of sp³-hybridized carbons (Fsp3) is 0.647. The molecule has 0 radical (unpaired) electrons. The van der Waals surface area contributed by atoms with Crippen molar-refractivity contribution in [1.82, 2.24) is 10.2 Å². The summed E-state index contributed by atoms with van der Waals surface area (Å²) in [6.07, 6.45) is 2.66. The first kappa shape index (κ1) is 14.7. The Kier molecular flexibility index (Phi) is 4.99. The van der Waals surface area contributed by atoms with Gasteiger partial charge in [0.05, 0.1) is 0 Å². The zero-order valence-corrected chi connectivity index (χ0v) is 13.1. The number of rotatable bonds is 4. The standard InChI is InChI=1S/C17H28N4/c1-20-9-11-21(12-10-20)17-6-4-16(5-7-17)19-14-15-3-2-8-18-13-15/h4-7,15,18-19H,2-3,8-14H2,1H3. The lowest BCUT2D eigenvalue weighted by molar-refractivity contribution is 0.313. The lowest BCUT2D eigenvalue weighted by Crippen LogP contribution is -2.44. The summed E-state index contributed by atoms with van der Waals surface area (Å²) in [6.45, 7) is 8.03. The molecule has 1 aromatic carbocycles. The second-order valence-corrected chi connectivity index (χ2v) is 6.43. The fourth-order valence-corrected chi connectivity index (χ4v) is 3.22. The van der Waals surface area contributed by atoms with Crippen molar-refractivity contribution < 1.29 is 0 Å². The highest BCUT2D eigenvalue weighted by Gasteiger charge is 2.14. The van der Waals surface area contributed by atoms with Gasteiger partial charge in [-0.15, -0.1) is 0 Å². The highest BCUT2D eigenvalue weighted by atomic mass is 15.2. The molecule has 2 saturated heterocycles. The summed E-state index contributed by atoms with van der Waals surface area (Å²) < 4.78 is 0. The van der Waals surface area contributed by atoms with Crippen molar-refractivity contribution in [3.8, 4) is 0 Å². The largest absolute Gasteiger partial charge is 0.385 e. The Morgan fingerprint density at radius 1 is 1.14 bits per heavy atom. The molecule has 0 aliphatic carbocycles. The molecule has 116 valence electrons. The number of piperidine rings is 1. The highest BCUT2D eigenvalue weighted by Crippen LogP contribution is 2.20. The predicted molar refractivity (Wildman–Crippen MR) is 90.2 cm³/mol. The summed E-state index contributed by atoms with van der Waals surface area (Å²) in [5.74, 6) is 0.774. The quantitative estimate of drug-likeness (QED) is 0.885. The third-order valence-corrected chi connectivity index (χ3v) is 4.73. The molecule has 1 atom stereocenters. The van der Waals surface area contributed by atoms with Crippen LogP contribution in [0.2, 0.25) is 0 Å². The van der Waals surface area contributed by atoms with E-state index >= 15 is 0 Å². The Hall–Kier alpha value is -1.26. The van der Waals surface area contributed by atoms with E-state index in [0.717, 1.165) is 45.2 Å². The van der Waals surface area contributed by atoms with E-state index in [-0.39, 0.29) is 0 Å². The molecule has 4 nitrogen and oxygen atoms in total. The van der Waals surface area contributed by atoms with E-state index in [0.29, 0.717) is 0 Å². The van der Waals surface area contributed by atoms with Gasteiger partial charge in [-0.1, -0.05) is 0 Å². The van der Waals surface area contributed by atoms with Crippen molar-refractivity contribution >= 4 is 11.4 Å².